The average molecular weight is 280 g/mol. The van der Waals surface area contributed by atoms with Gasteiger partial charge in [0.2, 0.25) is 5.91 Å². The highest BCUT2D eigenvalue weighted by molar-refractivity contribution is 5.85. The van der Waals surface area contributed by atoms with Crippen molar-refractivity contribution < 1.29 is 9.53 Å². The van der Waals surface area contributed by atoms with Crippen LogP contribution >= 0.6 is 0 Å². The van der Waals surface area contributed by atoms with Crippen LogP contribution in [0.25, 0.3) is 0 Å². The van der Waals surface area contributed by atoms with E-state index >= 15 is 0 Å². The monoisotopic (exact) mass is 280 g/mol. The summed E-state index contributed by atoms with van der Waals surface area (Å²) in [6.07, 6.45) is 5.26. The molecule has 4 nitrogen and oxygen atoms in total. The number of hydrogen-bond donors (Lipinski definition) is 0. The quantitative estimate of drug-likeness (QED) is 0.686. The largest absolute Gasteiger partial charge is 0.376 e. The highest BCUT2D eigenvalue weighted by atomic mass is 16.5. The van der Waals surface area contributed by atoms with Crippen LogP contribution in [0.1, 0.15) is 59.3 Å². The number of nitrogens with zero attached hydrogens (tertiary/aromatic N) is 2. The number of nitriles is 1. The molecule has 0 aromatic carbocycles. The zero-order chi connectivity index (χ0) is 15.0. The van der Waals surface area contributed by atoms with Crippen LogP contribution in [0, 0.1) is 16.7 Å². The van der Waals surface area contributed by atoms with Gasteiger partial charge in [-0.05, 0) is 32.6 Å². The minimum Gasteiger partial charge on any atom is -0.376 e. The summed E-state index contributed by atoms with van der Waals surface area (Å²) < 4.78 is 5.62. The lowest BCUT2D eigenvalue weighted by atomic mass is 9.79. The molecule has 1 amide bonds. The predicted molar refractivity (Wildman–Crippen MR) is 79.1 cm³/mol. The van der Waals surface area contributed by atoms with Crippen LogP contribution in [0.2, 0.25) is 0 Å². The maximum atomic E-state index is 12.8. The average Bonchev–Trinajstić information content (AvgIpc) is 2.96. The van der Waals surface area contributed by atoms with Gasteiger partial charge in [0.1, 0.15) is 5.41 Å². The first-order valence-electron chi connectivity index (χ1n) is 7.95. The zero-order valence-electron chi connectivity index (χ0n) is 13.2. The minimum absolute atomic E-state index is 0.00157. The molecule has 114 valence electrons. The number of carbonyl (C=O) groups is 1. The predicted octanol–water partition coefficient (Wildman–Crippen LogP) is 3.12. The molecule has 1 rings (SSSR count). The summed E-state index contributed by atoms with van der Waals surface area (Å²) in [5, 5.41) is 9.59. The Hall–Kier alpha value is -1.08. The Morgan fingerprint density at radius 1 is 1.35 bits per heavy atom. The fourth-order valence-electron chi connectivity index (χ4n) is 3.04. The lowest BCUT2D eigenvalue weighted by Crippen LogP contribution is -2.46. The second-order valence-corrected chi connectivity index (χ2v) is 5.67. The maximum absolute atomic E-state index is 12.8. The van der Waals surface area contributed by atoms with E-state index in [1.54, 1.807) is 0 Å². The highest BCUT2D eigenvalue weighted by Gasteiger charge is 2.40. The number of likely N-dealkylation sites (N-methyl/N-ethyl adjacent to an activating group) is 1. The SMILES string of the molecule is CCCC(C#N)(CCC)C(=O)N(CC)CC1CCCO1. The fourth-order valence-corrected chi connectivity index (χ4v) is 3.04. The lowest BCUT2D eigenvalue weighted by Gasteiger charge is -2.33. The number of amides is 1. The van der Waals surface area contributed by atoms with Crippen LogP contribution in [0.4, 0.5) is 0 Å². The molecule has 0 aromatic heterocycles. The van der Waals surface area contributed by atoms with Gasteiger partial charge in [-0.25, -0.2) is 0 Å². The molecule has 0 aliphatic carbocycles. The Morgan fingerprint density at radius 2 is 2.00 bits per heavy atom. The third kappa shape index (κ3) is 3.96. The van der Waals surface area contributed by atoms with Crippen molar-refractivity contribution >= 4 is 5.91 Å². The molecule has 0 bridgehead atoms. The molecular formula is C16H28N2O2. The second kappa shape index (κ2) is 8.26. The highest BCUT2D eigenvalue weighted by Crippen LogP contribution is 2.32. The van der Waals surface area contributed by atoms with Crippen molar-refractivity contribution in [2.45, 2.75) is 65.4 Å². The van der Waals surface area contributed by atoms with Gasteiger partial charge in [0.15, 0.2) is 0 Å². The van der Waals surface area contributed by atoms with E-state index in [1.165, 1.54) is 0 Å². The smallest absolute Gasteiger partial charge is 0.243 e. The molecule has 1 unspecified atom stereocenters. The number of hydrogen-bond acceptors (Lipinski definition) is 3. The summed E-state index contributed by atoms with van der Waals surface area (Å²) in [7, 11) is 0. The summed E-state index contributed by atoms with van der Waals surface area (Å²) in [5.41, 5.74) is -0.835. The Balaban J connectivity index is 2.81. The first-order chi connectivity index (χ1) is 9.63. The lowest BCUT2D eigenvalue weighted by molar-refractivity contribution is -0.141. The Morgan fingerprint density at radius 3 is 2.40 bits per heavy atom. The minimum atomic E-state index is -0.835. The Kier molecular flexibility index (Phi) is 7.01. The van der Waals surface area contributed by atoms with Crippen molar-refractivity contribution in [2.24, 2.45) is 5.41 Å². The van der Waals surface area contributed by atoms with Crippen molar-refractivity contribution in [1.82, 2.24) is 4.90 Å². The first-order valence-corrected chi connectivity index (χ1v) is 7.95. The Bertz CT molecular complexity index is 337. The molecule has 0 saturated carbocycles. The molecule has 0 radical (unpaired) electrons. The normalized spacial score (nSPS) is 18.8. The van der Waals surface area contributed by atoms with Gasteiger partial charge < -0.3 is 9.64 Å². The van der Waals surface area contributed by atoms with Gasteiger partial charge in [0.25, 0.3) is 0 Å². The summed E-state index contributed by atoms with van der Waals surface area (Å²) in [6, 6.07) is 2.32. The van der Waals surface area contributed by atoms with Crippen molar-refractivity contribution in [2.75, 3.05) is 19.7 Å². The molecular weight excluding hydrogens is 252 g/mol. The summed E-state index contributed by atoms with van der Waals surface area (Å²) in [4.78, 5) is 14.7. The molecule has 0 aromatic rings. The van der Waals surface area contributed by atoms with Crippen molar-refractivity contribution in [3.63, 3.8) is 0 Å². The van der Waals surface area contributed by atoms with Crippen LogP contribution in [0.5, 0.6) is 0 Å². The van der Waals surface area contributed by atoms with Gasteiger partial charge in [0, 0.05) is 19.7 Å². The summed E-state index contributed by atoms with van der Waals surface area (Å²) in [5.74, 6) is 0.00157. The van der Waals surface area contributed by atoms with Crippen molar-refractivity contribution in [1.29, 1.82) is 5.26 Å². The fraction of sp³-hybridized carbons (Fsp3) is 0.875. The standard InChI is InChI=1S/C16H28N2O2/c1-4-9-16(13-17,10-5-2)15(19)18(6-3)12-14-8-7-11-20-14/h14H,4-12H2,1-3H3. The third-order valence-corrected chi connectivity index (χ3v) is 4.09. The van der Waals surface area contributed by atoms with E-state index in [-0.39, 0.29) is 12.0 Å². The van der Waals surface area contributed by atoms with Gasteiger partial charge in [-0.2, -0.15) is 5.26 Å². The van der Waals surface area contributed by atoms with Gasteiger partial charge in [-0.3, -0.25) is 4.79 Å². The molecule has 1 saturated heterocycles. The molecule has 20 heavy (non-hydrogen) atoms. The third-order valence-electron chi connectivity index (χ3n) is 4.09. The molecule has 1 fully saturated rings. The van der Waals surface area contributed by atoms with E-state index in [2.05, 4.69) is 6.07 Å². The van der Waals surface area contributed by atoms with Gasteiger partial charge >= 0.3 is 0 Å². The molecule has 0 spiro atoms. The Labute approximate surface area is 123 Å². The molecule has 1 aliphatic heterocycles. The van der Waals surface area contributed by atoms with Crippen LogP contribution in [-0.4, -0.2) is 36.6 Å². The van der Waals surface area contributed by atoms with E-state index in [1.807, 2.05) is 25.7 Å². The first kappa shape index (κ1) is 17.0. The molecule has 1 aliphatic rings. The number of carbonyl (C=O) groups excluding carboxylic acids is 1. The molecule has 1 heterocycles. The number of rotatable bonds is 8. The van der Waals surface area contributed by atoms with E-state index in [0.29, 0.717) is 25.9 Å². The molecule has 4 heteroatoms. The van der Waals surface area contributed by atoms with Gasteiger partial charge in [-0.1, -0.05) is 26.7 Å². The maximum Gasteiger partial charge on any atom is 0.243 e. The van der Waals surface area contributed by atoms with Gasteiger partial charge in [0.05, 0.1) is 12.2 Å². The van der Waals surface area contributed by atoms with E-state index in [9.17, 15) is 10.1 Å². The van der Waals surface area contributed by atoms with Gasteiger partial charge in [-0.15, -0.1) is 0 Å². The number of ether oxygens (including phenoxy) is 1. The second-order valence-electron chi connectivity index (χ2n) is 5.67. The summed E-state index contributed by atoms with van der Waals surface area (Å²) >= 11 is 0. The topological polar surface area (TPSA) is 53.3 Å². The van der Waals surface area contributed by atoms with Crippen LogP contribution in [-0.2, 0) is 9.53 Å². The molecule has 0 N–H and O–H groups in total. The zero-order valence-corrected chi connectivity index (χ0v) is 13.2. The molecule has 1 atom stereocenters. The van der Waals surface area contributed by atoms with Crippen LogP contribution in [0.15, 0.2) is 0 Å². The van der Waals surface area contributed by atoms with Crippen LogP contribution in [0.3, 0.4) is 0 Å². The summed E-state index contributed by atoms with van der Waals surface area (Å²) in [6.45, 7) is 8.12. The van der Waals surface area contributed by atoms with Crippen molar-refractivity contribution in [3.05, 3.63) is 0 Å². The van der Waals surface area contributed by atoms with E-state index in [0.717, 1.165) is 32.3 Å². The van der Waals surface area contributed by atoms with Crippen molar-refractivity contribution in [3.8, 4) is 6.07 Å². The van der Waals surface area contributed by atoms with E-state index < -0.39 is 5.41 Å². The van der Waals surface area contributed by atoms with E-state index in [4.69, 9.17) is 4.74 Å². The van der Waals surface area contributed by atoms with Crippen LogP contribution < -0.4 is 0 Å².